The number of aromatic nitrogens is 2. The molecule has 3 aromatic carbocycles. The van der Waals surface area contributed by atoms with Gasteiger partial charge in [0.05, 0.1) is 46.4 Å². The van der Waals surface area contributed by atoms with Crippen LogP contribution >= 0.6 is 46.5 Å². The zero-order valence-electron chi connectivity index (χ0n) is 31.4. The first-order chi connectivity index (χ1) is 26.8. The highest BCUT2D eigenvalue weighted by Crippen LogP contribution is 2.55. The van der Waals surface area contributed by atoms with Gasteiger partial charge in [-0.15, -0.1) is 22.7 Å². The van der Waals surface area contributed by atoms with Crippen molar-refractivity contribution in [3.8, 4) is 41.8 Å². The zero-order chi connectivity index (χ0) is 39.8. The molecular weight excluding hydrogens is 803 g/mol. The number of nitrogens with zero attached hydrogens (tertiary/aromatic N) is 2. The van der Waals surface area contributed by atoms with Crippen molar-refractivity contribution in [1.82, 2.24) is 8.75 Å². The maximum atomic E-state index is 14.4. The third kappa shape index (κ3) is 8.49. The second-order valence-corrected chi connectivity index (χ2v) is 18.0. The number of nitrogens with one attached hydrogen (secondary N) is 2. The fourth-order valence-corrected chi connectivity index (χ4v) is 10.8. The Bertz CT molecular complexity index is 2160. The van der Waals surface area contributed by atoms with E-state index in [2.05, 4.69) is 23.3 Å². The van der Waals surface area contributed by atoms with E-state index in [4.69, 9.17) is 8.75 Å². The van der Waals surface area contributed by atoms with Crippen molar-refractivity contribution in [3.63, 3.8) is 0 Å². The van der Waals surface area contributed by atoms with Gasteiger partial charge in [-0.2, -0.15) is 35.1 Å². The van der Waals surface area contributed by atoms with E-state index in [9.17, 15) is 26.3 Å². The van der Waals surface area contributed by atoms with Gasteiger partial charge in [0.25, 0.3) is 0 Å². The Morgan fingerprint density at radius 2 is 1.00 bits per heavy atom. The summed E-state index contributed by atoms with van der Waals surface area (Å²) in [7, 11) is 0. The van der Waals surface area contributed by atoms with Gasteiger partial charge in [-0.25, -0.2) is 0 Å². The van der Waals surface area contributed by atoms with Crippen LogP contribution in [0.25, 0.3) is 52.8 Å². The Hall–Kier alpha value is -3.59. The fourth-order valence-electron chi connectivity index (χ4n) is 7.47. The molecule has 0 fully saturated rings. The Morgan fingerprint density at radius 3 is 1.39 bits per heavy atom. The molecule has 0 bridgehead atoms. The van der Waals surface area contributed by atoms with Gasteiger partial charge in [-0.3, -0.25) is 0 Å². The lowest BCUT2D eigenvalue weighted by molar-refractivity contribution is -0.139. The van der Waals surface area contributed by atoms with Crippen LogP contribution in [0.5, 0.6) is 0 Å². The van der Waals surface area contributed by atoms with Crippen LogP contribution < -0.4 is 9.44 Å². The fraction of sp³-hybridized carbons (Fsp3) is 0.381. The Labute approximate surface area is 339 Å². The number of rotatable bonds is 14. The van der Waals surface area contributed by atoms with Crippen LogP contribution in [0.4, 0.5) is 37.7 Å². The SMILES string of the molecule is CCCCC(C)Cc1ccc(-c2ccc(-c3c4c(c(-c5ccc(-c6ccc(CC(C)CCCC)c(C(F)(F)F)c6)s5)c5nsnc35)NSN4)s2)cc1C(F)(F)F. The predicted octanol–water partition coefficient (Wildman–Crippen LogP) is 15.7. The van der Waals surface area contributed by atoms with E-state index in [1.165, 1.54) is 46.9 Å². The van der Waals surface area contributed by atoms with Gasteiger partial charge >= 0.3 is 12.4 Å². The maximum Gasteiger partial charge on any atom is 0.416 e. The van der Waals surface area contributed by atoms with Crippen LogP contribution in [0.1, 0.15) is 88.5 Å². The first kappa shape index (κ1) is 40.6. The largest absolute Gasteiger partial charge is 0.416 e. The third-order valence-corrected chi connectivity index (χ3v) is 13.8. The van der Waals surface area contributed by atoms with Gasteiger partial charge in [-0.05, 0) is 83.3 Å². The van der Waals surface area contributed by atoms with E-state index < -0.39 is 23.5 Å². The highest BCUT2D eigenvalue weighted by atomic mass is 32.2. The standard InChI is InChI=1S/C42H42F6N4S4/c1-5-7-9-23(3)19-25-11-13-27(21-29(25)41(43,44)45)31-15-17-33(53-31)35-37-39(51-55-49-37)36(40-38(35)50-56-52-40)34-18-16-32(54-34)28-14-12-26(20-24(4)10-8-6-2)30(22-28)42(46,47)48/h11-18,21-24,49,51H,5-10,19-20H2,1-4H3. The highest BCUT2D eigenvalue weighted by molar-refractivity contribution is 8.02. The van der Waals surface area contributed by atoms with Gasteiger partial charge in [0.15, 0.2) is 0 Å². The first-order valence-electron chi connectivity index (χ1n) is 18.9. The molecule has 0 saturated heterocycles. The molecule has 0 aliphatic carbocycles. The van der Waals surface area contributed by atoms with E-state index >= 15 is 0 Å². The molecule has 2 N–H and O–H groups in total. The number of hydrogen-bond donors (Lipinski definition) is 2. The molecule has 4 heterocycles. The van der Waals surface area contributed by atoms with Crippen molar-refractivity contribution < 1.29 is 26.3 Å². The molecule has 0 spiro atoms. The minimum absolute atomic E-state index is 0.150. The quantitative estimate of drug-likeness (QED) is 0.0845. The number of benzene rings is 3. The molecule has 0 saturated carbocycles. The lowest BCUT2D eigenvalue weighted by Crippen LogP contribution is -2.12. The minimum Gasteiger partial charge on any atom is -0.309 e. The Balaban J connectivity index is 1.23. The summed E-state index contributed by atoms with van der Waals surface area (Å²) in [4.78, 5) is 3.04. The summed E-state index contributed by atoms with van der Waals surface area (Å²) in [5, 5.41) is 0. The molecule has 7 rings (SSSR count). The normalized spacial score (nSPS) is 14.2. The summed E-state index contributed by atoms with van der Waals surface area (Å²) in [6, 6.07) is 16.9. The number of alkyl halides is 6. The monoisotopic (exact) mass is 844 g/mol. The lowest BCUT2D eigenvalue weighted by Gasteiger charge is -2.17. The molecule has 6 aromatic rings. The van der Waals surface area contributed by atoms with Gasteiger partial charge in [-0.1, -0.05) is 90.5 Å². The highest BCUT2D eigenvalue weighted by Gasteiger charge is 2.36. The zero-order valence-corrected chi connectivity index (χ0v) is 34.6. The van der Waals surface area contributed by atoms with Crippen molar-refractivity contribution in [3.05, 3.63) is 82.9 Å². The molecule has 3 aromatic heterocycles. The molecule has 2 unspecified atom stereocenters. The van der Waals surface area contributed by atoms with Crippen molar-refractivity contribution in [2.45, 2.75) is 91.4 Å². The number of fused-ring (bicyclic) bond motifs is 2. The lowest BCUT2D eigenvalue weighted by atomic mass is 9.92. The van der Waals surface area contributed by atoms with E-state index in [0.717, 1.165) is 82.5 Å². The summed E-state index contributed by atoms with van der Waals surface area (Å²) in [6.07, 6.45) is -2.44. The van der Waals surface area contributed by atoms with Gasteiger partial charge in [0, 0.05) is 30.6 Å². The van der Waals surface area contributed by atoms with Crippen molar-refractivity contribution in [2.75, 3.05) is 9.44 Å². The smallest absolute Gasteiger partial charge is 0.309 e. The average Bonchev–Trinajstić information content (AvgIpc) is 3.99. The number of halogens is 6. The summed E-state index contributed by atoms with van der Waals surface area (Å²) < 4.78 is 102. The van der Waals surface area contributed by atoms with Crippen LogP contribution in [0.15, 0.2) is 60.7 Å². The number of thiophene rings is 2. The molecule has 2 atom stereocenters. The van der Waals surface area contributed by atoms with E-state index in [1.807, 2.05) is 38.1 Å². The summed E-state index contributed by atoms with van der Waals surface area (Å²) >= 11 is 5.12. The van der Waals surface area contributed by atoms with Crippen molar-refractivity contribution in [1.29, 1.82) is 0 Å². The predicted molar refractivity (Wildman–Crippen MR) is 225 cm³/mol. The van der Waals surface area contributed by atoms with Crippen LogP contribution in [0, 0.1) is 11.8 Å². The Morgan fingerprint density at radius 1 is 0.589 bits per heavy atom. The molecule has 1 aliphatic rings. The molecule has 0 radical (unpaired) electrons. The number of hydrogen-bond acceptors (Lipinski definition) is 8. The molecule has 296 valence electrons. The molecular formula is C42H42F6N4S4. The summed E-state index contributed by atoms with van der Waals surface area (Å²) in [6.45, 7) is 8.18. The van der Waals surface area contributed by atoms with Crippen molar-refractivity contribution in [2.24, 2.45) is 11.8 Å². The average molecular weight is 845 g/mol. The Kier molecular flexibility index (Phi) is 12.1. The van der Waals surface area contributed by atoms with E-state index in [0.29, 0.717) is 55.9 Å². The van der Waals surface area contributed by atoms with Crippen LogP contribution in [0.2, 0.25) is 0 Å². The maximum absolute atomic E-state index is 14.4. The van der Waals surface area contributed by atoms with Gasteiger partial charge < -0.3 is 9.44 Å². The van der Waals surface area contributed by atoms with Crippen LogP contribution in [-0.4, -0.2) is 8.75 Å². The van der Waals surface area contributed by atoms with Crippen LogP contribution in [0.3, 0.4) is 0 Å². The second kappa shape index (κ2) is 16.7. The number of unbranched alkanes of at least 4 members (excludes halogenated alkanes) is 2. The summed E-state index contributed by atoms with van der Waals surface area (Å²) in [5.41, 5.74) is 4.83. The molecule has 14 heteroatoms. The topological polar surface area (TPSA) is 49.8 Å². The van der Waals surface area contributed by atoms with E-state index in [-0.39, 0.29) is 11.8 Å². The molecule has 56 heavy (non-hydrogen) atoms. The molecule has 4 nitrogen and oxygen atoms in total. The van der Waals surface area contributed by atoms with Gasteiger partial charge in [0.1, 0.15) is 11.0 Å². The van der Waals surface area contributed by atoms with Crippen LogP contribution in [-0.2, 0) is 25.2 Å². The molecule has 1 aliphatic heterocycles. The third-order valence-electron chi connectivity index (χ3n) is 10.4. The number of anilines is 2. The van der Waals surface area contributed by atoms with Crippen molar-refractivity contribution >= 4 is 68.9 Å². The van der Waals surface area contributed by atoms with E-state index in [1.54, 1.807) is 24.3 Å². The van der Waals surface area contributed by atoms with Gasteiger partial charge in [0.2, 0.25) is 0 Å². The first-order valence-corrected chi connectivity index (χ1v) is 22.1. The summed E-state index contributed by atoms with van der Waals surface area (Å²) in [5.74, 6) is 0.300. The minimum atomic E-state index is -4.48. The molecule has 0 amide bonds. The second-order valence-electron chi connectivity index (χ2n) is 14.7.